The average Bonchev–Trinajstić information content (AvgIpc) is 2.82. The number of rotatable bonds is 7. The summed E-state index contributed by atoms with van der Waals surface area (Å²) < 4.78 is 5.25. The summed E-state index contributed by atoms with van der Waals surface area (Å²) in [6, 6.07) is 2.18. The van der Waals surface area contributed by atoms with Crippen LogP contribution in [0.2, 0.25) is 0 Å². The summed E-state index contributed by atoms with van der Waals surface area (Å²) in [5, 5.41) is 4.19. The lowest BCUT2D eigenvalue weighted by molar-refractivity contribution is 0.204. The van der Waals surface area contributed by atoms with Gasteiger partial charge in [0, 0.05) is 32.1 Å². The minimum atomic E-state index is 0.560. The van der Waals surface area contributed by atoms with E-state index in [1.807, 2.05) is 7.05 Å². The van der Waals surface area contributed by atoms with Crippen molar-refractivity contribution in [3.8, 4) is 0 Å². The minimum Gasteiger partial charge on any atom is -0.383 e. The third kappa shape index (κ3) is 3.83. The number of anilines is 2. The molecule has 0 atom stereocenters. The van der Waals surface area contributed by atoms with E-state index < -0.39 is 0 Å². The van der Waals surface area contributed by atoms with E-state index in [9.17, 15) is 0 Å². The maximum atomic E-state index is 5.25. The molecule has 0 unspecified atom stereocenters. The molecule has 2 rings (SSSR count). The first-order valence-corrected chi connectivity index (χ1v) is 8.06. The van der Waals surface area contributed by atoms with Gasteiger partial charge in [0.2, 0.25) is 5.95 Å². The molecule has 5 nitrogen and oxygen atoms in total. The lowest BCUT2D eigenvalue weighted by Gasteiger charge is -2.26. The van der Waals surface area contributed by atoms with Crippen molar-refractivity contribution in [3.05, 3.63) is 10.9 Å². The van der Waals surface area contributed by atoms with Gasteiger partial charge in [-0.15, -0.1) is 11.3 Å². The first kappa shape index (κ1) is 16.0. The number of fused-ring (bicyclic) bond motifs is 1. The molecular formula is C15H24N4OS. The van der Waals surface area contributed by atoms with Gasteiger partial charge in [-0.25, -0.2) is 4.98 Å². The van der Waals surface area contributed by atoms with Crippen LogP contribution in [-0.2, 0) is 4.74 Å². The first-order valence-electron chi connectivity index (χ1n) is 7.25. The van der Waals surface area contributed by atoms with Gasteiger partial charge >= 0.3 is 0 Å². The van der Waals surface area contributed by atoms with Crippen molar-refractivity contribution >= 4 is 33.3 Å². The van der Waals surface area contributed by atoms with Crippen molar-refractivity contribution in [1.82, 2.24) is 9.97 Å². The van der Waals surface area contributed by atoms with Gasteiger partial charge in [-0.3, -0.25) is 0 Å². The Balaban J connectivity index is 2.47. The van der Waals surface area contributed by atoms with Crippen molar-refractivity contribution < 1.29 is 4.74 Å². The fourth-order valence-corrected chi connectivity index (χ4v) is 3.18. The molecule has 0 bridgehead atoms. The summed E-state index contributed by atoms with van der Waals surface area (Å²) >= 11 is 1.71. The van der Waals surface area contributed by atoms with Crippen molar-refractivity contribution in [3.63, 3.8) is 0 Å². The van der Waals surface area contributed by atoms with Crippen LogP contribution in [0.15, 0.2) is 6.07 Å². The van der Waals surface area contributed by atoms with Crippen LogP contribution in [0.4, 0.5) is 11.8 Å². The molecule has 0 aliphatic rings. The lowest BCUT2D eigenvalue weighted by Crippen LogP contribution is -2.32. The van der Waals surface area contributed by atoms with Crippen molar-refractivity contribution in [2.75, 3.05) is 44.1 Å². The zero-order valence-corrected chi connectivity index (χ0v) is 14.3. The van der Waals surface area contributed by atoms with Gasteiger partial charge < -0.3 is 15.0 Å². The molecule has 0 spiro atoms. The highest BCUT2D eigenvalue weighted by molar-refractivity contribution is 7.18. The molecule has 0 aliphatic carbocycles. The number of thiophene rings is 1. The molecule has 0 radical (unpaired) electrons. The summed E-state index contributed by atoms with van der Waals surface area (Å²) in [7, 11) is 3.59. The van der Waals surface area contributed by atoms with E-state index in [0.29, 0.717) is 18.5 Å². The normalized spacial score (nSPS) is 11.3. The fraction of sp³-hybridized carbons (Fsp3) is 0.600. The third-order valence-corrected chi connectivity index (χ3v) is 4.11. The lowest BCUT2D eigenvalue weighted by atomic mass is 10.2. The molecule has 0 fully saturated rings. The van der Waals surface area contributed by atoms with Gasteiger partial charge in [0.15, 0.2) is 0 Å². The van der Waals surface area contributed by atoms with Crippen LogP contribution in [0.5, 0.6) is 0 Å². The van der Waals surface area contributed by atoms with E-state index in [1.54, 1.807) is 18.4 Å². The smallest absolute Gasteiger partial charge is 0.225 e. The summed E-state index contributed by atoms with van der Waals surface area (Å²) in [4.78, 5) is 13.8. The topological polar surface area (TPSA) is 50.3 Å². The first-order chi connectivity index (χ1) is 10.0. The number of aryl methyl sites for hydroxylation is 1. The van der Waals surface area contributed by atoms with E-state index in [4.69, 9.17) is 9.72 Å². The van der Waals surface area contributed by atoms with Crippen LogP contribution in [-0.4, -0.2) is 43.8 Å². The zero-order valence-electron chi connectivity index (χ0n) is 13.4. The summed E-state index contributed by atoms with van der Waals surface area (Å²) in [6.07, 6.45) is 0. The Hall–Kier alpha value is -1.40. The monoisotopic (exact) mass is 308 g/mol. The number of nitrogens with zero attached hydrogens (tertiary/aromatic N) is 3. The molecule has 116 valence electrons. The Morgan fingerprint density at radius 2 is 2.14 bits per heavy atom. The predicted octanol–water partition coefficient (Wildman–Crippen LogP) is 3.15. The molecule has 2 aromatic rings. The number of nitrogens with one attached hydrogen (secondary N) is 1. The number of aromatic nitrogens is 2. The summed E-state index contributed by atoms with van der Waals surface area (Å²) in [6.45, 7) is 9.02. The van der Waals surface area contributed by atoms with Gasteiger partial charge in [0.1, 0.15) is 10.6 Å². The second-order valence-electron chi connectivity index (χ2n) is 5.53. The van der Waals surface area contributed by atoms with E-state index in [2.05, 4.69) is 42.0 Å². The Bertz CT molecular complexity index is 597. The van der Waals surface area contributed by atoms with Crippen LogP contribution in [0.1, 0.15) is 18.7 Å². The zero-order chi connectivity index (χ0) is 15.4. The summed E-state index contributed by atoms with van der Waals surface area (Å²) in [5.74, 6) is 2.23. The van der Waals surface area contributed by atoms with Crippen LogP contribution in [0.3, 0.4) is 0 Å². The molecule has 0 saturated carbocycles. The number of ether oxygens (including phenoxy) is 1. The molecular weight excluding hydrogens is 284 g/mol. The number of hydrogen-bond acceptors (Lipinski definition) is 6. The van der Waals surface area contributed by atoms with E-state index in [1.165, 1.54) is 4.88 Å². The maximum Gasteiger partial charge on any atom is 0.225 e. The molecule has 0 aliphatic heterocycles. The largest absolute Gasteiger partial charge is 0.383 e. The van der Waals surface area contributed by atoms with Crippen molar-refractivity contribution in [2.24, 2.45) is 5.92 Å². The highest BCUT2D eigenvalue weighted by Crippen LogP contribution is 2.32. The van der Waals surface area contributed by atoms with Gasteiger partial charge in [0.25, 0.3) is 0 Å². The van der Waals surface area contributed by atoms with Gasteiger partial charge in [0.05, 0.1) is 12.0 Å². The van der Waals surface area contributed by atoms with Crippen LogP contribution in [0.25, 0.3) is 10.2 Å². The van der Waals surface area contributed by atoms with Crippen molar-refractivity contribution in [1.29, 1.82) is 0 Å². The molecule has 21 heavy (non-hydrogen) atoms. The van der Waals surface area contributed by atoms with Crippen molar-refractivity contribution in [2.45, 2.75) is 20.8 Å². The molecule has 0 aromatic carbocycles. The SMILES string of the molecule is CNc1nc(N(CCOC)CC(C)C)c2cc(C)sc2n1. The highest BCUT2D eigenvalue weighted by atomic mass is 32.1. The Morgan fingerprint density at radius 3 is 2.76 bits per heavy atom. The maximum absolute atomic E-state index is 5.25. The second-order valence-corrected chi connectivity index (χ2v) is 6.76. The molecule has 2 heterocycles. The predicted molar refractivity (Wildman–Crippen MR) is 90.6 cm³/mol. The Labute approximate surface area is 130 Å². The highest BCUT2D eigenvalue weighted by Gasteiger charge is 2.17. The summed E-state index contributed by atoms with van der Waals surface area (Å²) in [5.41, 5.74) is 0. The van der Waals surface area contributed by atoms with Gasteiger partial charge in [-0.05, 0) is 18.9 Å². The number of methoxy groups -OCH3 is 1. The Morgan fingerprint density at radius 1 is 1.38 bits per heavy atom. The second kappa shape index (κ2) is 7.04. The molecule has 2 aromatic heterocycles. The van der Waals surface area contributed by atoms with Crippen LogP contribution >= 0.6 is 11.3 Å². The van der Waals surface area contributed by atoms with Crippen LogP contribution < -0.4 is 10.2 Å². The molecule has 6 heteroatoms. The van der Waals surface area contributed by atoms with E-state index in [0.717, 1.165) is 29.1 Å². The fourth-order valence-electron chi connectivity index (χ4n) is 2.31. The van der Waals surface area contributed by atoms with Gasteiger partial charge in [-0.2, -0.15) is 4.98 Å². The molecule has 0 saturated heterocycles. The van der Waals surface area contributed by atoms with Gasteiger partial charge in [-0.1, -0.05) is 13.8 Å². The minimum absolute atomic E-state index is 0.560. The Kier molecular flexibility index (Phi) is 5.36. The van der Waals surface area contributed by atoms with E-state index in [-0.39, 0.29) is 0 Å². The van der Waals surface area contributed by atoms with Crippen LogP contribution in [0, 0.1) is 12.8 Å². The quantitative estimate of drug-likeness (QED) is 0.851. The molecule has 1 N–H and O–H groups in total. The standard InChI is InChI=1S/C15H24N4OS/c1-10(2)9-19(6-7-20-5)13-12-8-11(3)21-14(12)18-15(16-4)17-13/h8,10H,6-7,9H2,1-5H3,(H,16,17,18). The third-order valence-electron chi connectivity index (χ3n) is 3.17. The number of hydrogen-bond donors (Lipinski definition) is 1. The molecule has 0 amide bonds. The van der Waals surface area contributed by atoms with E-state index >= 15 is 0 Å². The average molecular weight is 308 g/mol.